The van der Waals surface area contributed by atoms with Crippen LogP contribution in [-0.2, 0) is 4.79 Å². The van der Waals surface area contributed by atoms with Crippen LogP contribution in [0, 0.1) is 20.8 Å². The standard InChI is InChI=1S/C23H27ClN2O2/c1-16-4-5-17(2)20(14-16)22(27)8-9-23(28)26-12-10-25(11-13-26)21-15-19(24)7-6-18(21)3/h4-7,14-15H,8-13H2,1-3H3. The minimum atomic E-state index is 0.0442. The number of Topliss-reactive ketones (excluding diaryl/α,β-unsaturated/α-hetero) is 1. The average molecular weight is 399 g/mol. The number of carbonyl (C=O) groups excluding carboxylic acids is 2. The molecule has 2 aromatic rings. The van der Waals surface area contributed by atoms with Crippen LogP contribution in [-0.4, -0.2) is 42.8 Å². The maximum Gasteiger partial charge on any atom is 0.223 e. The molecule has 0 aliphatic carbocycles. The second kappa shape index (κ2) is 8.78. The number of anilines is 1. The average Bonchev–Trinajstić information content (AvgIpc) is 2.69. The fourth-order valence-corrected chi connectivity index (χ4v) is 3.84. The lowest BCUT2D eigenvalue weighted by Crippen LogP contribution is -2.49. The first-order chi connectivity index (χ1) is 13.3. The molecule has 1 saturated heterocycles. The Kier molecular flexibility index (Phi) is 6.40. The normalized spacial score (nSPS) is 14.3. The van der Waals surface area contributed by atoms with E-state index in [9.17, 15) is 9.59 Å². The minimum Gasteiger partial charge on any atom is -0.368 e. The summed E-state index contributed by atoms with van der Waals surface area (Å²) in [6.07, 6.45) is 0.527. The quantitative estimate of drug-likeness (QED) is 0.692. The zero-order chi connectivity index (χ0) is 20.3. The van der Waals surface area contributed by atoms with Crippen LogP contribution in [0.25, 0.3) is 0 Å². The predicted molar refractivity (Wildman–Crippen MR) is 114 cm³/mol. The summed E-state index contributed by atoms with van der Waals surface area (Å²) in [5, 5.41) is 0.726. The number of hydrogen-bond donors (Lipinski definition) is 0. The van der Waals surface area contributed by atoms with Gasteiger partial charge in [0, 0.05) is 55.3 Å². The number of hydrogen-bond acceptors (Lipinski definition) is 3. The number of piperazine rings is 1. The molecule has 1 heterocycles. The molecule has 1 aliphatic rings. The highest BCUT2D eigenvalue weighted by molar-refractivity contribution is 6.30. The number of amides is 1. The van der Waals surface area contributed by atoms with E-state index in [1.54, 1.807) is 0 Å². The summed E-state index contributed by atoms with van der Waals surface area (Å²) in [6.45, 7) is 8.87. The Bertz CT molecular complexity index is 886. The second-order valence-corrected chi connectivity index (χ2v) is 7.98. The van der Waals surface area contributed by atoms with Crippen molar-refractivity contribution in [3.8, 4) is 0 Å². The zero-order valence-corrected chi connectivity index (χ0v) is 17.6. The first-order valence-corrected chi connectivity index (χ1v) is 10.1. The topological polar surface area (TPSA) is 40.6 Å². The third-order valence-electron chi connectivity index (χ3n) is 5.40. The fraction of sp³-hybridized carbons (Fsp3) is 0.391. The smallest absolute Gasteiger partial charge is 0.223 e. The van der Waals surface area contributed by atoms with E-state index in [4.69, 9.17) is 11.6 Å². The van der Waals surface area contributed by atoms with E-state index in [-0.39, 0.29) is 24.5 Å². The highest BCUT2D eigenvalue weighted by atomic mass is 35.5. The first kappa shape index (κ1) is 20.4. The minimum absolute atomic E-state index is 0.0442. The van der Waals surface area contributed by atoms with Crippen LogP contribution >= 0.6 is 11.6 Å². The van der Waals surface area contributed by atoms with Crippen LogP contribution in [0.15, 0.2) is 36.4 Å². The van der Waals surface area contributed by atoms with E-state index in [0.29, 0.717) is 13.1 Å². The van der Waals surface area contributed by atoms with E-state index < -0.39 is 0 Å². The number of aryl methyl sites for hydroxylation is 3. The van der Waals surface area contributed by atoms with E-state index in [2.05, 4.69) is 11.8 Å². The van der Waals surface area contributed by atoms with E-state index in [1.807, 2.05) is 55.1 Å². The van der Waals surface area contributed by atoms with Crippen molar-refractivity contribution in [2.45, 2.75) is 33.6 Å². The van der Waals surface area contributed by atoms with Crippen LogP contribution < -0.4 is 4.90 Å². The molecule has 28 heavy (non-hydrogen) atoms. The first-order valence-electron chi connectivity index (χ1n) is 9.74. The van der Waals surface area contributed by atoms with Gasteiger partial charge in [-0.25, -0.2) is 0 Å². The Morgan fingerprint density at radius 1 is 0.893 bits per heavy atom. The Balaban J connectivity index is 1.53. The summed E-state index contributed by atoms with van der Waals surface area (Å²) in [5.74, 6) is 0.101. The number of rotatable bonds is 5. The fourth-order valence-electron chi connectivity index (χ4n) is 3.67. The Morgan fingerprint density at radius 3 is 2.29 bits per heavy atom. The highest BCUT2D eigenvalue weighted by Gasteiger charge is 2.23. The molecule has 0 unspecified atom stereocenters. The van der Waals surface area contributed by atoms with Crippen molar-refractivity contribution in [3.05, 3.63) is 63.7 Å². The van der Waals surface area contributed by atoms with Gasteiger partial charge in [0.1, 0.15) is 0 Å². The van der Waals surface area contributed by atoms with Gasteiger partial charge in [-0.2, -0.15) is 0 Å². The van der Waals surface area contributed by atoms with E-state index in [1.165, 1.54) is 5.56 Å². The molecular formula is C23H27ClN2O2. The van der Waals surface area contributed by atoms with Gasteiger partial charge < -0.3 is 9.80 Å². The van der Waals surface area contributed by atoms with Crippen LogP contribution in [0.2, 0.25) is 5.02 Å². The summed E-state index contributed by atoms with van der Waals surface area (Å²) in [5.41, 5.74) is 5.07. The molecule has 1 aliphatic heterocycles. The SMILES string of the molecule is Cc1ccc(C)c(C(=O)CCC(=O)N2CCN(c3cc(Cl)ccc3C)CC2)c1. The summed E-state index contributed by atoms with van der Waals surface area (Å²) in [4.78, 5) is 29.2. The maximum absolute atomic E-state index is 12.6. The monoisotopic (exact) mass is 398 g/mol. The van der Waals surface area contributed by atoms with Crippen LogP contribution in [0.5, 0.6) is 0 Å². The molecular weight excluding hydrogens is 372 g/mol. The molecule has 2 aromatic carbocycles. The molecule has 0 radical (unpaired) electrons. The number of carbonyl (C=O) groups is 2. The maximum atomic E-state index is 12.6. The van der Waals surface area contributed by atoms with Crippen molar-refractivity contribution in [2.75, 3.05) is 31.1 Å². The number of halogens is 1. The van der Waals surface area contributed by atoms with E-state index >= 15 is 0 Å². The van der Waals surface area contributed by atoms with Gasteiger partial charge in [-0.1, -0.05) is 35.4 Å². The third-order valence-corrected chi connectivity index (χ3v) is 5.64. The van der Waals surface area contributed by atoms with Crippen molar-refractivity contribution in [1.82, 2.24) is 4.90 Å². The van der Waals surface area contributed by atoms with Gasteiger partial charge in [0.25, 0.3) is 0 Å². The molecule has 5 heteroatoms. The van der Waals surface area contributed by atoms with E-state index in [0.717, 1.165) is 40.5 Å². The summed E-state index contributed by atoms with van der Waals surface area (Å²) in [6, 6.07) is 11.8. The van der Waals surface area contributed by atoms with Crippen molar-refractivity contribution in [3.63, 3.8) is 0 Å². The van der Waals surface area contributed by atoms with Crippen LogP contribution in [0.4, 0.5) is 5.69 Å². The number of benzene rings is 2. The molecule has 0 atom stereocenters. The number of ketones is 1. The zero-order valence-electron chi connectivity index (χ0n) is 16.8. The molecule has 148 valence electrons. The highest BCUT2D eigenvalue weighted by Crippen LogP contribution is 2.25. The van der Waals surface area contributed by atoms with Gasteiger partial charge in [-0.05, 0) is 50.1 Å². The largest absolute Gasteiger partial charge is 0.368 e. The van der Waals surface area contributed by atoms with Crippen molar-refractivity contribution < 1.29 is 9.59 Å². The Morgan fingerprint density at radius 2 is 1.57 bits per heavy atom. The van der Waals surface area contributed by atoms with Gasteiger partial charge in [0.2, 0.25) is 5.91 Å². The Labute approximate surface area is 172 Å². The summed E-state index contributed by atoms with van der Waals surface area (Å²) >= 11 is 6.13. The lowest BCUT2D eigenvalue weighted by Gasteiger charge is -2.37. The molecule has 0 N–H and O–H groups in total. The molecule has 0 aromatic heterocycles. The lowest BCUT2D eigenvalue weighted by atomic mass is 9.99. The summed E-state index contributed by atoms with van der Waals surface area (Å²) in [7, 11) is 0. The van der Waals surface area contributed by atoms with Gasteiger partial charge >= 0.3 is 0 Å². The lowest BCUT2D eigenvalue weighted by molar-refractivity contribution is -0.131. The van der Waals surface area contributed by atoms with Crippen molar-refractivity contribution in [1.29, 1.82) is 0 Å². The Hall–Kier alpha value is -2.33. The summed E-state index contributed by atoms with van der Waals surface area (Å²) < 4.78 is 0. The molecule has 1 amide bonds. The van der Waals surface area contributed by atoms with Crippen molar-refractivity contribution >= 4 is 29.0 Å². The molecule has 0 saturated carbocycles. The predicted octanol–water partition coefficient (Wildman–Crippen LogP) is 4.58. The third kappa shape index (κ3) is 4.74. The van der Waals surface area contributed by atoms with Crippen LogP contribution in [0.1, 0.15) is 39.9 Å². The molecule has 0 bridgehead atoms. The second-order valence-electron chi connectivity index (χ2n) is 7.54. The molecule has 0 spiro atoms. The van der Waals surface area contributed by atoms with Crippen LogP contribution in [0.3, 0.4) is 0 Å². The molecule has 1 fully saturated rings. The van der Waals surface area contributed by atoms with Gasteiger partial charge in [0.05, 0.1) is 0 Å². The van der Waals surface area contributed by atoms with Gasteiger partial charge in [-0.3, -0.25) is 9.59 Å². The van der Waals surface area contributed by atoms with Gasteiger partial charge in [0.15, 0.2) is 5.78 Å². The van der Waals surface area contributed by atoms with Crippen molar-refractivity contribution in [2.24, 2.45) is 0 Å². The molecule has 3 rings (SSSR count). The number of nitrogens with zero attached hydrogens (tertiary/aromatic N) is 2. The van der Waals surface area contributed by atoms with Gasteiger partial charge in [-0.15, -0.1) is 0 Å². The molecule has 4 nitrogen and oxygen atoms in total.